The molecule has 2 N–H and O–H groups in total. The van der Waals surface area contributed by atoms with Gasteiger partial charge in [0.25, 0.3) is 17.4 Å². The second kappa shape index (κ2) is 9.08. The number of rotatable bonds is 4. The van der Waals surface area contributed by atoms with E-state index >= 15 is 0 Å². The highest BCUT2D eigenvalue weighted by molar-refractivity contribution is 6.08. The molecule has 1 saturated heterocycles. The largest absolute Gasteiger partial charge is 0.573 e. The third-order valence-electron chi connectivity index (χ3n) is 5.80. The number of piperidine rings is 1. The van der Waals surface area contributed by atoms with Crippen molar-refractivity contribution in [1.29, 1.82) is 0 Å². The lowest BCUT2D eigenvalue weighted by Crippen LogP contribution is -2.45. The number of carbonyl (C=O) groups excluding carboxylic acids is 3. The smallest absolute Gasteiger partial charge is 0.484 e. The lowest BCUT2D eigenvalue weighted by molar-refractivity contribution is -0.275. The van der Waals surface area contributed by atoms with Gasteiger partial charge in [-0.1, -0.05) is 12.1 Å². The molecule has 1 aromatic heterocycles. The number of hydrogen-bond donors (Lipinski definition) is 2. The van der Waals surface area contributed by atoms with E-state index in [1.165, 1.54) is 42.6 Å². The van der Waals surface area contributed by atoms with Crippen LogP contribution in [0.3, 0.4) is 0 Å². The predicted octanol–water partition coefficient (Wildman–Crippen LogP) is 2.69. The highest BCUT2D eigenvalue weighted by Gasteiger charge is 2.34. The third-order valence-corrected chi connectivity index (χ3v) is 5.80. The molecular weight excluding hydrogens is 497 g/mol. The molecule has 2 aliphatic heterocycles. The van der Waals surface area contributed by atoms with E-state index in [0.717, 1.165) is 10.7 Å². The summed E-state index contributed by atoms with van der Waals surface area (Å²) in [5, 5.41) is 9.57. The number of fused-ring (bicyclic) bond motifs is 2. The average molecular weight is 514 g/mol. The monoisotopic (exact) mass is 514 g/mol. The number of amides is 3. The highest BCUT2D eigenvalue weighted by Crippen LogP contribution is 2.38. The average Bonchev–Trinajstić information content (AvgIpc) is 2.84. The van der Waals surface area contributed by atoms with E-state index in [1.807, 2.05) is 0 Å². The first-order chi connectivity index (χ1) is 17.6. The fourth-order valence-corrected chi connectivity index (χ4v) is 4.11. The van der Waals surface area contributed by atoms with E-state index < -0.39 is 41.4 Å². The maximum Gasteiger partial charge on any atom is 0.573 e. The van der Waals surface area contributed by atoms with Gasteiger partial charge in [0.1, 0.15) is 12.6 Å². The van der Waals surface area contributed by atoms with Crippen LogP contribution in [0, 0.1) is 0 Å². The number of ether oxygens (including phenoxy) is 2. The number of halogens is 3. The van der Waals surface area contributed by atoms with Crippen molar-refractivity contribution in [3.05, 3.63) is 64.1 Å². The number of aromatic nitrogens is 2. The molecule has 2 aromatic carbocycles. The maximum absolute atomic E-state index is 12.9. The molecular formula is C24H17F3N4O6. The minimum Gasteiger partial charge on any atom is -0.484 e. The van der Waals surface area contributed by atoms with Crippen LogP contribution in [0.1, 0.15) is 24.4 Å². The number of benzene rings is 2. The van der Waals surface area contributed by atoms with Crippen LogP contribution in [0.15, 0.2) is 53.0 Å². The van der Waals surface area contributed by atoms with Gasteiger partial charge in [-0.05, 0) is 36.8 Å². The molecule has 0 radical (unpaired) electrons. The molecule has 3 amide bonds. The van der Waals surface area contributed by atoms with Gasteiger partial charge in [0.15, 0.2) is 11.5 Å². The Hall–Kier alpha value is -4.68. The quantitative estimate of drug-likeness (QED) is 0.513. The van der Waals surface area contributed by atoms with Crippen molar-refractivity contribution in [3.63, 3.8) is 0 Å². The van der Waals surface area contributed by atoms with E-state index in [1.54, 1.807) is 0 Å². The minimum atomic E-state index is -4.89. The Labute approximate surface area is 205 Å². The van der Waals surface area contributed by atoms with E-state index in [2.05, 4.69) is 20.5 Å². The number of nitrogens with one attached hydrogen (secondary N) is 2. The van der Waals surface area contributed by atoms with Gasteiger partial charge in [-0.3, -0.25) is 24.5 Å². The molecule has 0 bridgehead atoms. The third kappa shape index (κ3) is 4.87. The number of imide groups is 1. The number of carbonyl (C=O) groups is 3. The van der Waals surface area contributed by atoms with E-state index in [4.69, 9.17) is 4.74 Å². The molecule has 10 nitrogen and oxygen atoms in total. The topological polar surface area (TPSA) is 129 Å². The van der Waals surface area contributed by atoms with Crippen molar-refractivity contribution >= 4 is 40.3 Å². The summed E-state index contributed by atoms with van der Waals surface area (Å²) < 4.78 is 48.3. The Morgan fingerprint density at radius 2 is 2.00 bits per heavy atom. The Bertz CT molecular complexity index is 1550. The molecule has 1 atom stereocenters. The van der Waals surface area contributed by atoms with Crippen LogP contribution in [0.25, 0.3) is 16.8 Å². The SMILES string of the molecule is O=C1CCC(n2ncc3cc(NC(=O)C4=Cc5cccc(OC(F)(F)F)c5OC4)ccc3c2=O)C(=O)N1. The van der Waals surface area contributed by atoms with Gasteiger partial charge in [-0.25, -0.2) is 4.68 Å². The van der Waals surface area contributed by atoms with Crippen LogP contribution in [0.4, 0.5) is 18.9 Å². The van der Waals surface area contributed by atoms with Gasteiger partial charge >= 0.3 is 6.36 Å². The second-order valence-corrected chi connectivity index (χ2v) is 8.30. The Morgan fingerprint density at radius 3 is 2.76 bits per heavy atom. The highest BCUT2D eigenvalue weighted by atomic mass is 19.4. The van der Waals surface area contributed by atoms with Gasteiger partial charge in [0.2, 0.25) is 5.91 Å². The maximum atomic E-state index is 12.9. The molecule has 1 fully saturated rings. The molecule has 3 heterocycles. The zero-order valence-corrected chi connectivity index (χ0v) is 18.8. The summed E-state index contributed by atoms with van der Waals surface area (Å²) in [5.74, 6) is -2.20. The fraction of sp³-hybridized carbons (Fsp3) is 0.208. The van der Waals surface area contributed by atoms with Crippen molar-refractivity contribution in [2.24, 2.45) is 0 Å². The van der Waals surface area contributed by atoms with Gasteiger partial charge in [-0.15, -0.1) is 13.2 Å². The normalized spacial score (nSPS) is 17.4. The molecule has 190 valence electrons. The number of nitrogens with zero attached hydrogens (tertiary/aromatic N) is 2. The van der Waals surface area contributed by atoms with Gasteiger partial charge in [0.05, 0.1) is 17.2 Å². The van der Waals surface area contributed by atoms with Crippen molar-refractivity contribution < 1.29 is 37.0 Å². The van der Waals surface area contributed by atoms with Gasteiger partial charge in [-0.2, -0.15) is 5.10 Å². The lowest BCUT2D eigenvalue weighted by atomic mass is 10.1. The van der Waals surface area contributed by atoms with Crippen molar-refractivity contribution in [2.45, 2.75) is 25.2 Å². The van der Waals surface area contributed by atoms with Crippen LogP contribution in [-0.2, 0) is 14.4 Å². The number of para-hydroxylation sites is 1. The number of alkyl halides is 3. The summed E-state index contributed by atoms with van der Waals surface area (Å²) in [6.45, 7) is -0.289. The predicted molar refractivity (Wildman–Crippen MR) is 123 cm³/mol. The Balaban J connectivity index is 1.36. The molecule has 2 aliphatic rings. The van der Waals surface area contributed by atoms with Crippen molar-refractivity contribution in [3.8, 4) is 11.5 Å². The summed E-state index contributed by atoms with van der Waals surface area (Å²) in [6.07, 6.45) is -1.87. The molecule has 0 aliphatic carbocycles. The van der Waals surface area contributed by atoms with Crippen LogP contribution >= 0.6 is 0 Å². The van der Waals surface area contributed by atoms with Crippen LogP contribution in [-0.4, -0.2) is 40.5 Å². The molecule has 0 spiro atoms. The molecule has 3 aromatic rings. The zero-order chi connectivity index (χ0) is 26.3. The number of anilines is 1. The summed E-state index contributed by atoms with van der Waals surface area (Å²) in [6, 6.07) is 7.52. The Kier molecular flexibility index (Phi) is 5.90. The first-order valence-electron chi connectivity index (χ1n) is 11.0. The lowest BCUT2D eigenvalue weighted by Gasteiger charge is -2.22. The van der Waals surface area contributed by atoms with Crippen molar-refractivity contribution in [1.82, 2.24) is 15.1 Å². The van der Waals surface area contributed by atoms with Crippen LogP contribution in [0.5, 0.6) is 11.5 Å². The minimum absolute atomic E-state index is 0.0915. The van der Waals surface area contributed by atoms with E-state index in [-0.39, 0.29) is 41.7 Å². The standard InChI is InChI=1S/C24H17F3N4O6/c25-24(26,27)37-18-3-1-2-12-8-14(11-36-20(12)18)21(33)29-15-4-5-16-13(9-15)10-28-31(23(16)35)17-6-7-19(32)30-22(17)34/h1-5,8-10,17H,6-7,11H2,(H,29,33)(H,30,32,34). The van der Waals surface area contributed by atoms with Gasteiger partial charge in [0, 0.05) is 23.1 Å². The summed E-state index contributed by atoms with van der Waals surface area (Å²) in [4.78, 5) is 49.2. The van der Waals surface area contributed by atoms with E-state index in [0.29, 0.717) is 11.1 Å². The molecule has 37 heavy (non-hydrogen) atoms. The summed E-state index contributed by atoms with van der Waals surface area (Å²) >= 11 is 0. The molecule has 1 unspecified atom stereocenters. The molecule has 13 heteroatoms. The second-order valence-electron chi connectivity index (χ2n) is 8.30. The summed E-state index contributed by atoms with van der Waals surface area (Å²) in [5.41, 5.74) is 0.207. The van der Waals surface area contributed by atoms with Crippen LogP contribution in [0.2, 0.25) is 0 Å². The fourth-order valence-electron chi connectivity index (χ4n) is 4.11. The number of hydrogen-bond acceptors (Lipinski definition) is 7. The van der Waals surface area contributed by atoms with Crippen LogP contribution < -0.4 is 25.7 Å². The zero-order valence-electron chi connectivity index (χ0n) is 18.8. The van der Waals surface area contributed by atoms with Gasteiger partial charge < -0.3 is 14.8 Å². The first kappa shape index (κ1) is 24.0. The first-order valence-corrected chi connectivity index (χ1v) is 11.0. The molecule has 0 saturated carbocycles. The molecule has 5 rings (SSSR count). The summed E-state index contributed by atoms with van der Waals surface area (Å²) in [7, 11) is 0. The Morgan fingerprint density at radius 1 is 1.19 bits per heavy atom. The van der Waals surface area contributed by atoms with Crippen molar-refractivity contribution in [2.75, 3.05) is 11.9 Å². The van der Waals surface area contributed by atoms with E-state index in [9.17, 15) is 32.3 Å².